The van der Waals surface area contributed by atoms with Crippen LogP contribution in [0.2, 0.25) is 0 Å². The van der Waals surface area contributed by atoms with Gasteiger partial charge in [-0.3, -0.25) is 0 Å². The molecular formula is C17H13F7O2S. The van der Waals surface area contributed by atoms with E-state index >= 15 is 0 Å². The molecule has 0 fully saturated rings. The molecule has 1 unspecified atom stereocenters. The highest BCUT2D eigenvalue weighted by atomic mass is 32.2. The number of halogens is 7. The molecule has 0 saturated carbocycles. The second-order valence-electron chi connectivity index (χ2n) is 5.80. The number of benzene rings is 2. The zero-order valence-corrected chi connectivity index (χ0v) is 14.5. The van der Waals surface area contributed by atoms with E-state index < -0.39 is 40.5 Å². The van der Waals surface area contributed by atoms with Crippen LogP contribution in [0.25, 0.3) is 0 Å². The lowest BCUT2D eigenvalue weighted by atomic mass is 9.92. The van der Waals surface area contributed by atoms with Crippen molar-refractivity contribution in [2.45, 2.75) is 35.5 Å². The van der Waals surface area contributed by atoms with Gasteiger partial charge in [-0.05, 0) is 41.9 Å². The molecule has 0 heterocycles. The van der Waals surface area contributed by atoms with Crippen molar-refractivity contribution in [3.8, 4) is 0 Å². The van der Waals surface area contributed by atoms with Gasteiger partial charge in [0, 0.05) is 11.1 Å². The fourth-order valence-electron chi connectivity index (χ4n) is 2.32. The summed E-state index contributed by atoms with van der Waals surface area (Å²) >= 11 is -1.69. The minimum absolute atomic E-state index is 0.186. The van der Waals surface area contributed by atoms with Crippen molar-refractivity contribution in [3.05, 3.63) is 65.0 Å². The summed E-state index contributed by atoms with van der Waals surface area (Å²) in [4.78, 5) is 0.264. The van der Waals surface area contributed by atoms with Gasteiger partial charge in [0.15, 0.2) is 4.90 Å². The SMILES string of the molecule is Cc1cc([S+]([O-])Cc2ccc(C(O)(C(F)(F)F)C(F)(F)F)cc2)ccc1F. The second-order valence-corrected chi connectivity index (χ2v) is 7.25. The number of aryl methyl sites for hydroxylation is 1. The first-order chi connectivity index (χ1) is 12.3. The number of hydrogen-bond donors (Lipinski definition) is 1. The molecule has 0 radical (unpaired) electrons. The highest BCUT2D eigenvalue weighted by molar-refractivity contribution is 7.90. The third kappa shape index (κ3) is 4.22. The lowest BCUT2D eigenvalue weighted by molar-refractivity contribution is -0.376. The molecule has 2 nitrogen and oxygen atoms in total. The summed E-state index contributed by atoms with van der Waals surface area (Å²) in [7, 11) is 0. The Hall–Kier alpha value is -1.78. The third-order valence-corrected chi connectivity index (χ3v) is 5.26. The highest BCUT2D eigenvalue weighted by Gasteiger charge is 2.71. The lowest BCUT2D eigenvalue weighted by Gasteiger charge is -2.32. The Kier molecular flexibility index (Phi) is 5.84. The molecule has 0 aromatic heterocycles. The van der Waals surface area contributed by atoms with E-state index in [9.17, 15) is 40.4 Å². The minimum Gasteiger partial charge on any atom is -0.611 e. The van der Waals surface area contributed by atoms with Crippen LogP contribution in [0.3, 0.4) is 0 Å². The van der Waals surface area contributed by atoms with Crippen LogP contribution in [0.5, 0.6) is 0 Å². The van der Waals surface area contributed by atoms with Crippen molar-refractivity contribution in [3.63, 3.8) is 0 Å². The monoisotopic (exact) mass is 414 g/mol. The Morgan fingerprint density at radius 2 is 1.44 bits per heavy atom. The molecule has 1 atom stereocenters. The summed E-state index contributed by atoms with van der Waals surface area (Å²) < 4.78 is 103. The normalized spacial score (nSPS) is 14.3. The van der Waals surface area contributed by atoms with Gasteiger partial charge in [0.1, 0.15) is 11.6 Å². The van der Waals surface area contributed by atoms with Crippen LogP contribution in [0.15, 0.2) is 47.4 Å². The number of hydrogen-bond acceptors (Lipinski definition) is 2. The van der Waals surface area contributed by atoms with Crippen molar-refractivity contribution in [2.75, 3.05) is 0 Å². The molecule has 0 bridgehead atoms. The van der Waals surface area contributed by atoms with Gasteiger partial charge in [0.05, 0.1) is 0 Å². The number of rotatable bonds is 4. The van der Waals surface area contributed by atoms with Gasteiger partial charge >= 0.3 is 12.4 Å². The van der Waals surface area contributed by atoms with E-state index in [-0.39, 0.29) is 21.8 Å². The molecule has 0 aliphatic heterocycles. The average molecular weight is 414 g/mol. The van der Waals surface area contributed by atoms with Gasteiger partial charge in [0.2, 0.25) is 0 Å². The standard InChI is InChI=1S/C17H13F7O2S/c1-10-8-13(6-7-14(10)18)27(26)9-11-2-4-12(5-3-11)15(25,16(19,20)21)17(22,23)24/h2-8,25H,9H2,1H3. The second kappa shape index (κ2) is 7.33. The Morgan fingerprint density at radius 3 is 1.89 bits per heavy atom. The Morgan fingerprint density at radius 1 is 0.926 bits per heavy atom. The maximum Gasteiger partial charge on any atom is 0.430 e. The number of aliphatic hydroxyl groups is 1. The molecule has 2 rings (SSSR count). The predicted octanol–water partition coefficient (Wildman–Crippen LogP) is 4.75. The minimum atomic E-state index is -5.97. The molecule has 2 aromatic rings. The van der Waals surface area contributed by atoms with E-state index in [0.717, 1.165) is 18.2 Å². The first-order valence-corrected chi connectivity index (χ1v) is 8.69. The van der Waals surface area contributed by atoms with E-state index in [4.69, 9.17) is 0 Å². The Labute approximate surface area is 152 Å². The van der Waals surface area contributed by atoms with Gasteiger partial charge in [-0.2, -0.15) is 26.3 Å². The summed E-state index contributed by atoms with van der Waals surface area (Å²) in [6, 6.07) is 6.55. The van der Waals surface area contributed by atoms with E-state index in [2.05, 4.69) is 0 Å². The summed E-state index contributed by atoms with van der Waals surface area (Å²) in [6.07, 6.45) is -11.9. The molecule has 2 aromatic carbocycles. The fraction of sp³-hybridized carbons (Fsp3) is 0.294. The molecule has 0 aliphatic rings. The van der Waals surface area contributed by atoms with Crippen molar-refractivity contribution in [2.24, 2.45) is 0 Å². The van der Waals surface area contributed by atoms with Crippen LogP contribution < -0.4 is 0 Å². The molecular weight excluding hydrogens is 401 g/mol. The van der Waals surface area contributed by atoms with E-state index in [1.807, 2.05) is 0 Å². The highest BCUT2D eigenvalue weighted by Crippen LogP contribution is 2.49. The fourth-order valence-corrected chi connectivity index (χ4v) is 3.51. The van der Waals surface area contributed by atoms with Crippen LogP contribution in [-0.4, -0.2) is 22.0 Å². The Bertz CT molecular complexity index is 786. The van der Waals surface area contributed by atoms with Crippen molar-refractivity contribution in [1.29, 1.82) is 0 Å². The molecule has 148 valence electrons. The van der Waals surface area contributed by atoms with Gasteiger partial charge < -0.3 is 9.66 Å². The smallest absolute Gasteiger partial charge is 0.430 e. The van der Waals surface area contributed by atoms with Crippen LogP contribution in [0.1, 0.15) is 16.7 Å². The first kappa shape index (κ1) is 21.5. The molecule has 0 aliphatic carbocycles. The first-order valence-electron chi connectivity index (χ1n) is 7.37. The van der Waals surface area contributed by atoms with Crippen LogP contribution in [0, 0.1) is 12.7 Å². The molecule has 0 amide bonds. The lowest BCUT2D eigenvalue weighted by Crippen LogP contribution is -2.53. The molecule has 1 N–H and O–H groups in total. The molecule has 27 heavy (non-hydrogen) atoms. The van der Waals surface area contributed by atoms with Gasteiger partial charge in [0.25, 0.3) is 5.60 Å². The third-order valence-electron chi connectivity index (χ3n) is 3.88. The van der Waals surface area contributed by atoms with Crippen molar-refractivity contribution in [1.82, 2.24) is 0 Å². The van der Waals surface area contributed by atoms with Gasteiger partial charge in [-0.25, -0.2) is 4.39 Å². The molecule has 10 heteroatoms. The number of alkyl halides is 6. The molecule has 0 spiro atoms. The zero-order chi connectivity index (χ0) is 20.6. The van der Waals surface area contributed by atoms with Gasteiger partial charge in [-0.15, -0.1) is 0 Å². The largest absolute Gasteiger partial charge is 0.611 e. The summed E-state index contributed by atoms with van der Waals surface area (Å²) in [5.74, 6) is -0.708. The van der Waals surface area contributed by atoms with E-state index in [1.54, 1.807) is 0 Å². The maximum absolute atomic E-state index is 13.2. The quantitative estimate of drug-likeness (QED) is 0.580. The summed E-state index contributed by atoms with van der Waals surface area (Å²) in [6.45, 7) is 1.46. The van der Waals surface area contributed by atoms with Crippen molar-refractivity contribution < 1.29 is 40.4 Å². The van der Waals surface area contributed by atoms with Crippen LogP contribution in [-0.2, 0) is 22.5 Å². The van der Waals surface area contributed by atoms with Crippen LogP contribution in [0.4, 0.5) is 30.7 Å². The van der Waals surface area contributed by atoms with Crippen LogP contribution >= 0.6 is 0 Å². The molecule has 0 saturated heterocycles. The predicted molar refractivity (Wildman–Crippen MR) is 83.7 cm³/mol. The topological polar surface area (TPSA) is 43.3 Å². The van der Waals surface area contributed by atoms with Gasteiger partial charge in [-0.1, -0.05) is 24.3 Å². The van der Waals surface area contributed by atoms with E-state index in [1.165, 1.54) is 19.1 Å². The van der Waals surface area contributed by atoms with E-state index in [0.29, 0.717) is 12.1 Å². The van der Waals surface area contributed by atoms with Crippen molar-refractivity contribution >= 4 is 11.2 Å². The average Bonchev–Trinajstić information content (AvgIpc) is 2.55. The zero-order valence-electron chi connectivity index (χ0n) is 13.7. The Balaban J connectivity index is 2.27. The maximum atomic E-state index is 13.2. The summed E-state index contributed by atoms with van der Waals surface area (Å²) in [5.41, 5.74) is -5.97. The summed E-state index contributed by atoms with van der Waals surface area (Å²) in [5, 5.41) is 9.32.